The summed E-state index contributed by atoms with van der Waals surface area (Å²) in [5, 5.41) is 1.49. The Hall–Kier alpha value is -3.33. The number of ether oxygens (including phenoxy) is 2. The van der Waals surface area contributed by atoms with Crippen molar-refractivity contribution < 1.29 is 19.1 Å². The van der Waals surface area contributed by atoms with E-state index in [1.807, 2.05) is 50.2 Å². The van der Waals surface area contributed by atoms with Crippen LogP contribution in [0.3, 0.4) is 0 Å². The largest absolute Gasteiger partial charge is 0.490 e. The fourth-order valence-electron chi connectivity index (χ4n) is 3.48. The maximum absolute atomic E-state index is 13.0. The maximum atomic E-state index is 13.0. The van der Waals surface area contributed by atoms with Crippen molar-refractivity contribution in [1.82, 2.24) is 10.4 Å². The average molecular weight is 539 g/mol. The molecule has 0 spiro atoms. The second-order valence-electron chi connectivity index (χ2n) is 7.89. The number of nitrogens with zero attached hydrogens (tertiary/aromatic N) is 1. The van der Waals surface area contributed by atoms with Crippen molar-refractivity contribution in [1.29, 1.82) is 0 Å². The molecule has 1 aliphatic rings. The van der Waals surface area contributed by atoms with Gasteiger partial charge in [-0.05, 0) is 73.6 Å². The summed E-state index contributed by atoms with van der Waals surface area (Å²) < 4.78 is 12.0. The lowest BCUT2D eigenvalue weighted by Crippen LogP contribution is -2.44. The third kappa shape index (κ3) is 6.26. The quantitative estimate of drug-likeness (QED) is 0.273. The zero-order valence-electron chi connectivity index (χ0n) is 19.6. The summed E-state index contributed by atoms with van der Waals surface area (Å²) in [6.07, 6.45) is 1.71. The number of amides is 2. The summed E-state index contributed by atoms with van der Waals surface area (Å²) in [5.41, 5.74) is 5.84. The van der Waals surface area contributed by atoms with E-state index in [-0.39, 0.29) is 4.32 Å². The molecule has 4 rings (SSSR count). The highest BCUT2D eigenvalue weighted by molar-refractivity contribution is 8.26. The molecule has 0 saturated carbocycles. The van der Waals surface area contributed by atoms with E-state index in [0.717, 1.165) is 33.5 Å². The Bertz CT molecular complexity index is 1360. The lowest BCUT2D eigenvalue weighted by atomic mass is 10.1. The Morgan fingerprint density at radius 2 is 1.89 bits per heavy atom. The lowest BCUT2D eigenvalue weighted by Gasteiger charge is -2.15. The molecule has 3 aromatic carbocycles. The molecule has 1 heterocycles. The zero-order valence-corrected chi connectivity index (χ0v) is 22.0. The topological polar surface area (TPSA) is 67.9 Å². The van der Waals surface area contributed by atoms with Crippen molar-refractivity contribution >= 4 is 57.8 Å². The van der Waals surface area contributed by atoms with E-state index in [2.05, 4.69) is 11.5 Å². The molecule has 0 radical (unpaired) electrons. The third-order valence-electron chi connectivity index (χ3n) is 5.14. The number of hydrogen-bond acceptors (Lipinski definition) is 6. The SMILES string of the molecule is CCOc1cc(/C=C2/SC(=S)N(NC(=O)c3cccc(Cl)c3)C2=O)ccc1OCc1cccc(C)c1. The molecule has 9 heteroatoms. The smallest absolute Gasteiger partial charge is 0.285 e. The molecule has 1 fully saturated rings. The normalized spacial score (nSPS) is 14.3. The van der Waals surface area contributed by atoms with Crippen LogP contribution in [0.1, 0.15) is 34.0 Å². The van der Waals surface area contributed by atoms with Crippen LogP contribution in [0, 0.1) is 6.92 Å². The molecule has 0 atom stereocenters. The van der Waals surface area contributed by atoms with E-state index in [1.165, 1.54) is 6.07 Å². The Labute approximate surface area is 224 Å². The average Bonchev–Trinajstić information content (AvgIpc) is 3.11. The monoisotopic (exact) mass is 538 g/mol. The zero-order chi connectivity index (χ0) is 25.7. The molecular formula is C27H23ClN2O4S2. The van der Waals surface area contributed by atoms with E-state index in [9.17, 15) is 9.59 Å². The maximum Gasteiger partial charge on any atom is 0.285 e. The highest BCUT2D eigenvalue weighted by atomic mass is 35.5. The van der Waals surface area contributed by atoms with Gasteiger partial charge in [-0.1, -0.05) is 65.3 Å². The minimum atomic E-state index is -0.483. The van der Waals surface area contributed by atoms with E-state index in [0.29, 0.717) is 40.2 Å². The van der Waals surface area contributed by atoms with Gasteiger partial charge < -0.3 is 9.47 Å². The fraction of sp³-hybridized carbons (Fsp3) is 0.148. The van der Waals surface area contributed by atoms with Crippen LogP contribution in [0.5, 0.6) is 11.5 Å². The molecular weight excluding hydrogens is 516 g/mol. The van der Waals surface area contributed by atoms with E-state index >= 15 is 0 Å². The van der Waals surface area contributed by atoms with Crippen molar-refractivity contribution in [3.63, 3.8) is 0 Å². The van der Waals surface area contributed by atoms with Gasteiger partial charge in [0.1, 0.15) is 6.61 Å². The number of aryl methyl sites for hydroxylation is 1. The standard InChI is InChI=1S/C27H23ClN2O4S2/c1-3-33-23-13-18(10-11-22(23)34-16-19-7-4-6-17(2)12-19)14-24-26(32)30(27(35)36-24)29-25(31)20-8-5-9-21(28)15-20/h4-15H,3,16H2,1-2H3,(H,29,31)/b24-14+. The molecule has 1 N–H and O–H groups in total. The molecule has 0 unspecified atom stereocenters. The summed E-state index contributed by atoms with van der Waals surface area (Å²) in [7, 11) is 0. The first-order valence-corrected chi connectivity index (χ1v) is 12.7. The minimum absolute atomic E-state index is 0.227. The fourth-order valence-corrected chi connectivity index (χ4v) is 4.85. The molecule has 1 saturated heterocycles. The predicted octanol–water partition coefficient (Wildman–Crippen LogP) is 6.17. The number of benzene rings is 3. The molecule has 3 aromatic rings. The van der Waals surface area contributed by atoms with E-state index in [1.54, 1.807) is 24.3 Å². The first-order chi connectivity index (χ1) is 17.3. The van der Waals surface area contributed by atoms with Crippen molar-refractivity contribution in [2.24, 2.45) is 0 Å². The van der Waals surface area contributed by atoms with Gasteiger partial charge >= 0.3 is 0 Å². The number of thiocarbonyl (C=S) groups is 1. The Kier molecular flexibility index (Phi) is 8.30. The van der Waals surface area contributed by atoms with Gasteiger partial charge in [-0.25, -0.2) is 0 Å². The van der Waals surface area contributed by atoms with Crippen LogP contribution >= 0.6 is 35.6 Å². The summed E-state index contributed by atoms with van der Waals surface area (Å²) in [6, 6.07) is 20.0. The number of carbonyl (C=O) groups is 2. The van der Waals surface area contributed by atoms with Crippen molar-refractivity contribution in [3.05, 3.63) is 98.9 Å². The Balaban J connectivity index is 1.49. The summed E-state index contributed by atoms with van der Waals surface area (Å²) in [4.78, 5) is 25.9. The van der Waals surface area contributed by atoms with Crippen LogP contribution in [0.4, 0.5) is 0 Å². The van der Waals surface area contributed by atoms with Gasteiger partial charge in [0.05, 0.1) is 11.5 Å². The van der Waals surface area contributed by atoms with E-state index < -0.39 is 11.8 Å². The highest BCUT2D eigenvalue weighted by Gasteiger charge is 2.33. The number of hydrazine groups is 1. The van der Waals surface area contributed by atoms with Crippen molar-refractivity contribution in [2.45, 2.75) is 20.5 Å². The van der Waals surface area contributed by atoms with Crippen LogP contribution in [-0.4, -0.2) is 27.8 Å². The molecule has 2 amide bonds. The number of halogens is 1. The lowest BCUT2D eigenvalue weighted by molar-refractivity contribution is -0.123. The van der Waals surface area contributed by atoms with Crippen LogP contribution in [0.15, 0.2) is 71.6 Å². The molecule has 0 aliphatic carbocycles. The summed E-state index contributed by atoms with van der Waals surface area (Å²) in [6.45, 7) is 4.80. The van der Waals surface area contributed by atoms with Gasteiger partial charge in [0, 0.05) is 10.6 Å². The van der Waals surface area contributed by atoms with Gasteiger partial charge in [-0.2, -0.15) is 5.01 Å². The minimum Gasteiger partial charge on any atom is -0.490 e. The number of thioether (sulfide) groups is 1. The molecule has 0 aromatic heterocycles. The third-order valence-corrected chi connectivity index (χ3v) is 6.67. The van der Waals surface area contributed by atoms with Gasteiger partial charge in [-0.3, -0.25) is 15.0 Å². The highest BCUT2D eigenvalue weighted by Crippen LogP contribution is 2.34. The van der Waals surface area contributed by atoms with Gasteiger partial charge in [0.15, 0.2) is 15.8 Å². The molecule has 184 valence electrons. The van der Waals surface area contributed by atoms with Crippen LogP contribution < -0.4 is 14.9 Å². The number of hydrogen-bond donors (Lipinski definition) is 1. The number of rotatable bonds is 8. The summed E-state index contributed by atoms with van der Waals surface area (Å²) in [5.74, 6) is 0.280. The van der Waals surface area contributed by atoms with E-state index in [4.69, 9.17) is 33.3 Å². The number of carbonyl (C=O) groups excluding carboxylic acids is 2. The first-order valence-electron chi connectivity index (χ1n) is 11.1. The first kappa shape index (κ1) is 25.8. The Morgan fingerprint density at radius 3 is 2.64 bits per heavy atom. The van der Waals surface area contributed by atoms with Crippen LogP contribution in [0.2, 0.25) is 5.02 Å². The number of nitrogens with one attached hydrogen (secondary N) is 1. The Morgan fingerprint density at radius 1 is 1.08 bits per heavy atom. The molecule has 6 nitrogen and oxygen atoms in total. The predicted molar refractivity (Wildman–Crippen MR) is 147 cm³/mol. The van der Waals surface area contributed by atoms with Crippen LogP contribution in [0.25, 0.3) is 6.08 Å². The molecule has 0 bridgehead atoms. The second kappa shape index (κ2) is 11.6. The second-order valence-corrected chi connectivity index (χ2v) is 10.00. The summed E-state index contributed by atoms with van der Waals surface area (Å²) >= 11 is 12.4. The van der Waals surface area contributed by atoms with Gasteiger partial charge in [0.25, 0.3) is 11.8 Å². The molecule has 1 aliphatic heterocycles. The van der Waals surface area contributed by atoms with Gasteiger partial charge in [-0.15, -0.1) is 0 Å². The molecule has 36 heavy (non-hydrogen) atoms. The van der Waals surface area contributed by atoms with Crippen molar-refractivity contribution in [2.75, 3.05) is 6.61 Å². The van der Waals surface area contributed by atoms with Crippen LogP contribution in [-0.2, 0) is 11.4 Å². The van der Waals surface area contributed by atoms with Crippen molar-refractivity contribution in [3.8, 4) is 11.5 Å². The van der Waals surface area contributed by atoms with Gasteiger partial charge in [0.2, 0.25) is 0 Å².